The van der Waals surface area contributed by atoms with Crippen LogP contribution in [0.3, 0.4) is 0 Å². The molecule has 26 heavy (non-hydrogen) atoms. The van der Waals surface area contributed by atoms with E-state index in [0.717, 1.165) is 6.26 Å². The highest BCUT2D eigenvalue weighted by Gasteiger charge is 2.23. The van der Waals surface area contributed by atoms with Crippen LogP contribution in [0.25, 0.3) is 0 Å². The van der Waals surface area contributed by atoms with E-state index in [1.54, 1.807) is 25.1 Å². The fourth-order valence-corrected chi connectivity index (χ4v) is 4.41. The van der Waals surface area contributed by atoms with Gasteiger partial charge in [0.05, 0.1) is 19.1 Å². The topological polar surface area (TPSA) is 98.8 Å². The normalized spacial score (nSPS) is 13.2. The van der Waals surface area contributed by atoms with Crippen molar-refractivity contribution >= 4 is 19.9 Å². The van der Waals surface area contributed by atoms with E-state index in [-0.39, 0.29) is 15.5 Å². The molecule has 142 valence electrons. The van der Waals surface area contributed by atoms with Gasteiger partial charge in [-0.3, -0.25) is 0 Å². The highest BCUT2D eigenvalue weighted by molar-refractivity contribution is 7.90. The second-order valence-electron chi connectivity index (χ2n) is 5.70. The molecule has 0 radical (unpaired) electrons. The quantitative estimate of drug-likeness (QED) is 0.766. The summed E-state index contributed by atoms with van der Waals surface area (Å²) in [4.78, 5) is 0.129. The molecule has 0 aromatic heterocycles. The summed E-state index contributed by atoms with van der Waals surface area (Å²) in [6.07, 6.45) is 1.11. The SMILES string of the molecule is COc1ccc(OC)c(S(=O)(=O)N[C@H](C)c2ccc(S(C)(=O)=O)cc2)c1. The van der Waals surface area contributed by atoms with Crippen LogP contribution in [0.2, 0.25) is 0 Å². The predicted molar refractivity (Wildman–Crippen MR) is 97.8 cm³/mol. The van der Waals surface area contributed by atoms with Crippen LogP contribution in [-0.4, -0.2) is 37.3 Å². The molecule has 0 heterocycles. The van der Waals surface area contributed by atoms with Crippen molar-refractivity contribution in [3.05, 3.63) is 48.0 Å². The molecule has 0 spiro atoms. The smallest absolute Gasteiger partial charge is 0.244 e. The lowest BCUT2D eigenvalue weighted by Gasteiger charge is -2.17. The van der Waals surface area contributed by atoms with Gasteiger partial charge >= 0.3 is 0 Å². The average Bonchev–Trinajstić information content (AvgIpc) is 2.60. The molecule has 2 aromatic rings. The van der Waals surface area contributed by atoms with Gasteiger partial charge in [-0.2, -0.15) is 0 Å². The van der Waals surface area contributed by atoms with Gasteiger partial charge in [0.2, 0.25) is 10.0 Å². The summed E-state index contributed by atoms with van der Waals surface area (Å²) in [5.74, 6) is 0.578. The fourth-order valence-electron chi connectivity index (χ4n) is 2.36. The minimum absolute atomic E-state index is 0.0426. The molecule has 1 N–H and O–H groups in total. The van der Waals surface area contributed by atoms with Crippen LogP contribution < -0.4 is 14.2 Å². The van der Waals surface area contributed by atoms with Crippen molar-refractivity contribution in [2.24, 2.45) is 0 Å². The van der Waals surface area contributed by atoms with E-state index < -0.39 is 25.9 Å². The first-order chi connectivity index (χ1) is 12.1. The maximum Gasteiger partial charge on any atom is 0.244 e. The van der Waals surface area contributed by atoms with E-state index in [0.29, 0.717) is 11.3 Å². The number of hydrogen-bond acceptors (Lipinski definition) is 6. The van der Waals surface area contributed by atoms with Gasteiger partial charge in [-0.15, -0.1) is 0 Å². The summed E-state index contributed by atoms with van der Waals surface area (Å²) >= 11 is 0. The zero-order chi connectivity index (χ0) is 19.5. The second-order valence-corrected chi connectivity index (χ2v) is 9.40. The third-order valence-corrected chi connectivity index (χ3v) is 6.49. The lowest BCUT2D eigenvalue weighted by Crippen LogP contribution is -2.27. The second kappa shape index (κ2) is 7.65. The Morgan fingerprint density at radius 3 is 2.04 bits per heavy atom. The molecule has 0 amide bonds. The van der Waals surface area contributed by atoms with Crippen LogP contribution in [0.1, 0.15) is 18.5 Å². The van der Waals surface area contributed by atoms with Crippen molar-refractivity contribution in [2.75, 3.05) is 20.5 Å². The maximum atomic E-state index is 12.7. The Morgan fingerprint density at radius 1 is 0.923 bits per heavy atom. The lowest BCUT2D eigenvalue weighted by molar-refractivity contribution is 0.391. The van der Waals surface area contributed by atoms with Gasteiger partial charge in [0.1, 0.15) is 16.4 Å². The molecule has 0 bridgehead atoms. The molecule has 9 heteroatoms. The molecule has 2 aromatic carbocycles. The standard InChI is InChI=1S/C17H21NO6S2/c1-12(13-5-8-15(9-6-13)25(4,19)20)18-26(21,22)17-11-14(23-2)7-10-16(17)24-3/h5-12,18H,1-4H3/t12-/m1/s1. The number of hydrogen-bond donors (Lipinski definition) is 1. The first-order valence-electron chi connectivity index (χ1n) is 7.63. The Kier molecular flexibility index (Phi) is 5.94. The third kappa shape index (κ3) is 4.54. The summed E-state index contributed by atoms with van der Waals surface area (Å²) in [6, 6.07) is 9.96. The summed E-state index contributed by atoms with van der Waals surface area (Å²) in [6.45, 7) is 1.67. The average molecular weight is 399 g/mol. The van der Waals surface area contributed by atoms with Crippen molar-refractivity contribution in [3.63, 3.8) is 0 Å². The Balaban J connectivity index is 2.32. The minimum atomic E-state index is -3.89. The zero-order valence-corrected chi connectivity index (χ0v) is 16.5. The van der Waals surface area contributed by atoms with Gasteiger partial charge in [0, 0.05) is 18.4 Å². The Bertz CT molecular complexity index is 982. The molecule has 0 unspecified atom stereocenters. The Labute approximate surface area is 153 Å². The monoisotopic (exact) mass is 399 g/mol. The van der Waals surface area contributed by atoms with Crippen LogP contribution in [-0.2, 0) is 19.9 Å². The van der Waals surface area contributed by atoms with Crippen molar-refractivity contribution in [2.45, 2.75) is 22.8 Å². The molecule has 0 aliphatic rings. The molecule has 0 aliphatic heterocycles. The molecule has 0 fully saturated rings. The summed E-state index contributed by atoms with van der Waals surface area (Å²) < 4.78 is 61.3. The van der Waals surface area contributed by atoms with Crippen LogP contribution >= 0.6 is 0 Å². The van der Waals surface area contributed by atoms with Gasteiger partial charge in [0.25, 0.3) is 0 Å². The number of rotatable bonds is 7. The van der Waals surface area contributed by atoms with Gasteiger partial charge in [-0.1, -0.05) is 12.1 Å². The van der Waals surface area contributed by atoms with E-state index in [4.69, 9.17) is 9.47 Å². The van der Waals surface area contributed by atoms with E-state index in [1.807, 2.05) is 0 Å². The molecule has 2 rings (SSSR count). The van der Waals surface area contributed by atoms with Crippen molar-refractivity contribution in [1.29, 1.82) is 0 Å². The van der Waals surface area contributed by atoms with Crippen molar-refractivity contribution < 1.29 is 26.3 Å². The van der Waals surface area contributed by atoms with Crippen molar-refractivity contribution in [1.82, 2.24) is 4.72 Å². The number of sulfonamides is 1. The van der Waals surface area contributed by atoms with Crippen LogP contribution in [0.15, 0.2) is 52.3 Å². The minimum Gasteiger partial charge on any atom is -0.497 e. The molecule has 0 saturated carbocycles. The summed E-state index contributed by atoms with van der Waals surface area (Å²) in [5.41, 5.74) is 0.628. The van der Waals surface area contributed by atoms with E-state index in [9.17, 15) is 16.8 Å². The first-order valence-corrected chi connectivity index (χ1v) is 11.0. The molecule has 0 aliphatic carbocycles. The van der Waals surface area contributed by atoms with Gasteiger partial charge in [-0.25, -0.2) is 21.6 Å². The zero-order valence-electron chi connectivity index (χ0n) is 14.9. The highest BCUT2D eigenvalue weighted by Crippen LogP contribution is 2.29. The molecule has 7 nitrogen and oxygen atoms in total. The third-order valence-electron chi connectivity index (χ3n) is 3.80. The van der Waals surface area contributed by atoms with Crippen LogP contribution in [0, 0.1) is 0 Å². The van der Waals surface area contributed by atoms with Gasteiger partial charge in [0.15, 0.2) is 9.84 Å². The molecular weight excluding hydrogens is 378 g/mol. The van der Waals surface area contributed by atoms with Crippen molar-refractivity contribution in [3.8, 4) is 11.5 Å². The fraction of sp³-hybridized carbons (Fsp3) is 0.294. The predicted octanol–water partition coefficient (Wildman–Crippen LogP) is 2.15. The molecule has 1 atom stereocenters. The Hall–Kier alpha value is -2.10. The van der Waals surface area contributed by atoms with E-state index in [2.05, 4.69) is 4.72 Å². The van der Waals surface area contributed by atoms with E-state index in [1.165, 1.54) is 38.5 Å². The largest absolute Gasteiger partial charge is 0.497 e. The Morgan fingerprint density at radius 2 is 1.54 bits per heavy atom. The lowest BCUT2D eigenvalue weighted by atomic mass is 10.1. The number of benzene rings is 2. The van der Waals surface area contributed by atoms with E-state index >= 15 is 0 Å². The summed E-state index contributed by atoms with van der Waals surface area (Å²) in [5, 5.41) is 0. The number of sulfone groups is 1. The summed E-state index contributed by atoms with van der Waals surface area (Å²) in [7, 11) is -4.38. The van der Waals surface area contributed by atoms with Crippen LogP contribution in [0.5, 0.6) is 11.5 Å². The van der Waals surface area contributed by atoms with Gasteiger partial charge in [-0.05, 0) is 36.8 Å². The number of nitrogens with one attached hydrogen (secondary N) is 1. The number of ether oxygens (including phenoxy) is 2. The maximum absolute atomic E-state index is 12.7. The first kappa shape index (κ1) is 20.2. The van der Waals surface area contributed by atoms with Gasteiger partial charge < -0.3 is 9.47 Å². The highest BCUT2D eigenvalue weighted by atomic mass is 32.2. The molecular formula is C17H21NO6S2. The number of methoxy groups -OCH3 is 2. The van der Waals surface area contributed by atoms with Crippen LogP contribution in [0.4, 0.5) is 0 Å². The molecule has 0 saturated heterocycles.